The van der Waals surface area contributed by atoms with Crippen LogP contribution in [0.5, 0.6) is 0 Å². The topological polar surface area (TPSA) is 98.3 Å². The SMILES string of the molecule is CN(C)C[C@@H](NC(=O)c1ccc(-c2cc(Cl)ccc2-c2nc3ccccc3[nH]2)c(C(=O)O)c1)c1ccccc1. The fraction of sp³-hybridized carbons (Fsp3) is 0.129. The summed E-state index contributed by atoms with van der Waals surface area (Å²) in [6, 6.07) is 27.0. The average Bonchev–Trinajstić information content (AvgIpc) is 3.36. The summed E-state index contributed by atoms with van der Waals surface area (Å²) in [5.74, 6) is -0.915. The number of carbonyl (C=O) groups is 2. The van der Waals surface area contributed by atoms with E-state index in [2.05, 4.69) is 15.3 Å². The Balaban J connectivity index is 1.54. The quantitative estimate of drug-likeness (QED) is 0.216. The molecule has 0 saturated heterocycles. The van der Waals surface area contributed by atoms with Crippen LogP contribution in [0.25, 0.3) is 33.5 Å². The summed E-state index contributed by atoms with van der Waals surface area (Å²) in [5, 5.41) is 13.7. The first kappa shape index (κ1) is 26.2. The van der Waals surface area contributed by atoms with Crippen molar-refractivity contribution in [2.24, 2.45) is 0 Å². The Hall–Kier alpha value is -4.46. The summed E-state index contributed by atoms with van der Waals surface area (Å²) in [6.07, 6.45) is 0. The number of amides is 1. The molecule has 0 aliphatic carbocycles. The van der Waals surface area contributed by atoms with Gasteiger partial charge in [0.15, 0.2) is 0 Å². The Bertz CT molecular complexity index is 1630. The number of fused-ring (bicyclic) bond motifs is 1. The van der Waals surface area contributed by atoms with Gasteiger partial charge >= 0.3 is 5.97 Å². The lowest BCUT2D eigenvalue weighted by atomic mass is 9.93. The highest BCUT2D eigenvalue weighted by Crippen LogP contribution is 2.36. The van der Waals surface area contributed by atoms with Gasteiger partial charge in [-0.25, -0.2) is 9.78 Å². The predicted octanol–water partition coefficient (Wildman–Crippen LogP) is 6.28. The maximum atomic E-state index is 13.3. The summed E-state index contributed by atoms with van der Waals surface area (Å²) in [5.41, 5.74) is 4.60. The van der Waals surface area contributed by atoms with Gasteiger partial charge in [-0.15, -0.1) is 0 Å². The molecule has 8 heteroatoms. The lowest BCUT2D eigenvalue weighted by Crippen LogP contribution is -2.35. The Morgan fingerprint density at radius 3 is 2.36 bits per heavy atom. The predicted molar refractivity (Wildman–Crippen MR) is 154 cm³/mol. The number of aromatic amines is 1. The number of aromatic carboxylic acids is 1. The summed E-state index contributed by atoms with van der Waals surface area (Å²) >= 11 is 6.36. The third kappa shape index (κ3) is 5.70. The molecule has 1 amide bonds. The van der Waals surface area contributed by atoms with Crippen LogP contribution in [0.1, 0.15) is 32.3 Å². The average molecular weight is 539 g/mol. The molecule has 4 aromatic carbocycles. The van der Waals surface area contributed by atoms with Crippen LogP contribution in [-0.2, 0) is 0 Å². The second-order valence-corrected chi connectivity index (χ2v) is 9.99. The zero-order valence-electron chi connectivity index (χ0n) is 21.5. The number of rotatable bonds is 8. The van der Waals surface area contributed by atoms with Crippen molar-refractivity contribution >= 4 is 34.5 Å². The van der Waals surface area contributed by atoms with Crippen LogP contribution in [0.4, 0.5) is 0 Å². The Morgan fingerprint density at radius 2 is 1.64 bits per heavy atom. The molecule has 1 atom stereocenters. The van der Waals surface area contributed by atoms with E-state index in [9.17, 15) is 14.7 Å². The first-order valence-electron chi connectivity index (χ1n) is 12.4. The first-order chi connectivity index (χ1) is 18.8. The number of benzene rings is 4. The molecule has 0 bridgehead atoms. The maximum Gasteiger partial charge on any atom is 0.336 e. The van der Waals surface area contributed by atoms with E-state index in [0.29, 0.717) is 34.1 Å². The van der Waals surface area contributed by atoms with Crippen LogP contribution in [0.3, 0.4) is 0 Å². The van der Waals surface area contributed by atoms with E-state index >= 15 is 0 Å². The standard InChI is InChI=1S/C31H27ClN4O3/c1-36(2)18-28(19-8-4-3-5-9-19)35-30(37)20-12-14-22(25(16-20)31(38)39)24-17-21(32)13-15-23(24)29-33-26-10-6-7-11-27(26)34-29/h3-17,28H,18H2,1-2H3,(H,33,34)(H,35,37)(H,38,39)/t28-/m1/s1. The van der Waals surface area contributed by atoms with Crippen LogP contribution in [0, 0.1) is 0 Å². The minimum Gasteiger partial charge on any atom is -0.478 e. The summed E-state index contributed by atoms with van der Waals surface area (Å²) in [6.45, 7) is 0.586. The van der Waals surface area contributed by atoms with Gasteiger partial charge in [0.05, 0.1) is 22.6 Å². The Morgan fingerprint density at radius 1 is 0.923 bits per heavy atom. The molecule has 0 saturated carbocycles. The number of aromatic nitrogens is 2. The fourth-order valence-electron chi connectivity index (χ4n) is 4.65. The molecule has 1 heterocycles. The van der Waals surface area contributed by atoms with Gasteiger partial charge in [-0.05, 0) is 73.3 Å². The largest absolute Gasteiger partial charge is 0.478 e. The van der Waals surface area contributed by atoms with E-state index in [0.717, 1.165) is 16.6 Å². The highest BCUT2D eigenvalue weighted by Gasteiger charge is 2.22. The number of carboxylic acids is 1. The second kappa shape index (κ2) is 11.1. The summed E-state index contributed by atoms with van der Waals surface area (Å²) in [7, 11) is 3.87. The van der Waals surface area contributed by atoms with Crippen LogP contribution < -0.4 is 5.32 Å². The van der Waals surface area contributed by atoms with E-state index in [-0.39, 0.29) is 23.1 Å². The Kier molecular flexibility index (Phi) is 7.45. The van der Waals surface area contributed by atoms with Crippen molar-refractivity contribution < 1.29 is 14.7 Å². The first-order valence-corrected chi connectivity index (χ1v) is 12.8. The number of nitrogens with zero attached hydrogens (tertiary/aromatic N) is 2. The monoisotopic (exact) mass is 538 g/mol. The minimum absolute atomic E-state index is 0.00820. The number of para-hydroxylation sites is 2. The molecule has 3 N–H and O–H groups in total. The number of hydrogen-bond donors (Lipinski definition) is 3. The van der Waals surface area contributed by atoms with Gasteiger partial charge in [0.1, 0.15) is 5.82 Å². The van der Waals surface area contributed by atoms with Gasteiger partial charge in [-0.1, -0.05) is 60.1 Å². The fourth-order valence-corrected chi connectivity index (χ4v) is 4.82. The zero-order chi connectivity index (χ0) is 27.5. The molecular formula is C31H27ClN4O3. The van der Waals surface area contributed by atoms with Crippen LogP contribution >= 0.6 is 11.6 Å². The smallest absolute Gasteiger partial charge is 0.336 e. The molecule has 0 radical (unpaired) electrons. The number of likely N-dealkylation sites (N-methyl/N-ethyl adjacent to an activating group) is 1. The van der Waals surface area contributed by atoms with E-state index in [1.165, 1.54) is 6.07 Å². The molecule has 0 unspecified atom stereocenters. The number of carbonyl (C=O) groups excluding carboxylic acids is 1. The van der Waals surface area contributed by atoms with Gasteiger partial charge in [0, 0.05) is 22.7 Å². The molecular weight excluding hydrogens is 512 g/mol. The van der Waals surface area contributed by atoms with E-state index in [1.54, 1.807) is 24.3 Å². The van der Waals surface area contributed by atoms with Crippen LogP contribution in [0.15, 0.2) is 91.0 Å². The molecule has 0 spiro atoms. The number of hydrogen-bond acceptors (Lipinski definition) is 4. The number of nitrogens with one attached hydrogen (secondary N) is 2. The summed E-state index contributed by atoms with van der Waals surface area (Å²) < 4.78 is 0. The number of H-pyrrole nitrogens is 1. The van der Waals surface area contributed by atoms with Gasteiger partial charge in [-0.2, -0.15) is 0 Å². The van der Waals surface area contributed by atoms with Crippen LogP contribution in [0.2, 0.25) is 5.02 Å². The lowest BCUT2D eigenvalue weighted by Gasteiger charge is -2.23. The molecule has 196 valence electrons. The van der Waals surface area contributed by atoms with Gasteiger partial charge in [0.25, 0.3) is 5.91 Å². The van der Waals surface area contributed by atoms with Crippen molar-refractivity contribution in [2.45, 2.75) is 6.04 Å². The molecule has 0 fully saturated rings. The molecule has 0 aliphatic heterocycles. The van der Waals surface area contributed by atoms with Gasteiger partial charge in [0.2, 0.25) is 0 Å². The van der Waals surface area contributed by atoms with Crippen molar-refractivity contribution in [2.75, 3.05) is 20.6 Å². The third-order valence-corrected chi connectivity index (χ3v) is 6.72. The molecule has 5 rings (SSSR count). The van der Waals surface area contributed by atoms with Gasteiger partial charge in [-0.3, -0.25) is 4.79 Å². The Labute approximate surface area is 231 Å². The van der Waals surface area contributed by atoms with Crippen molar-refractivity contribution in [1.29, 1.82) is 0 Å². The summed E-state index contributed by atoms with van der Waals surface area (Å²) in [4.78, 5) is 35.7. The van der Waals surface area contributed by atoms with E-state index < -0.39 is 5.97 Å². The van der Waals surface area contributed by atoms with Crippen molar-refractivity contribution in [1.82, 2.24) is 20.2 Å². The normalized spacial score (nSPS) is 12.0. The number of imidazole rings is 1. The van der Waals surface area contributed by atoms with Gasteiger partial charge < -0.3 is 20.3 Å². The minimum atomic E-state index is -1.15. The zero-order valence-corrected chi connectivity index (χ0v) is 22.2. The van der Waals surface area contributed by atoms with Crippen LogP contribution in [-0.4, -0.2) is 52.5 Å². The molecule has 0 aliphatic rings. The highest BCUT2D eigenvalue weighted by atomic mass is 35.5. The van der Waals surface area contributed by atoms with Crippen molar-refractivity contribution in [3.05, 3.63) is 113 Å². The maximum absolute atomic E-state index is 13.3. The molecule has 39 heavy (non-hydrogen) atoms. The lowest BCUT2D eigenvalue weighted by molar-refractivity contribution is 0.0697. The van der Waals surface area contributed by atoms with Crippen molar-refractivity contribution in [3.63, 3.8) is 0 Å². The molecule has 1 aromatic heterocycles. The molecule has 7 nitrogen and oxygen atoms in total. The van der Waals surface area contributed by atoms with Crippen molar-refractivity contribution in [3.8, 4) is 22.5 Å². The third-order valence-electron chi connectivity index (χ3n) is 6.48. The van der Waals surface area contributed by atoms with E-state index in [4.69, 9.17) is 11.6 Å². The highest BCUT2D eigenvalue weighted by molar-refractivity contribution is 6.31. The van der Waals surface area contributed by atoms with E-state index in [1.807, 2.05) is 79.7 Å². The number of halogens is 1. The number of carboxylic acid groups (broad SMARTS) is 1. The second-order valence-electron chi connectivity index (χ2n) is 9.56. The molecule has 5 aromatic rings.